The van der Waals surface area contributed by atoms with Crippen LogP contribution in [0.4, 0.5) is 5.82 Å². The second kappa shape index (κ2) is 5.58. The van der Waals surface area contributed by atoms with E-state index in [4.69, 9.17) is 0 Å². The highest BCUT2D eigenvalue weighted by Crippen LogP contribution is 2.21. The van der Waals surface area contributed by atoms with E-state index in [1.54, 1.807) is 12.4 Å². The van der Waals surface area contributed by atoms with Crippen LogP contribution in [0.5, 0.6) is 0 Å². The van der Waals surface area contributed by atoms with Crippen molar-refractivity contribution < 1.29 is 4.79 Å². The van der Waals surface area contributed by atoms with Gasteiger partial charge in [-0.25, -0.2) is 9.97 Å². The lowest BCUT2D eigenvalue weighted by molar-refractivity contribution is -0.121. The molecule has 20 heavy (non-hydrogen) atoms. The number of rotatable bonds is 5. The summed E-state index contributed by atoms with van der Waals surface area (Å²) in [4.78, 5) is 23.9. The summed E-state index contributed by atoms with van der Waals surface area (Å²) in [6, 6.07) is 1.86. The summed E-state index contributed by atoms with van der Waals surface area (Å²) < 4.78 is 0. The first kappa shape index (κ1) is 13.1. The maximum atomic E-state index is 12.2. The number of carbonyl (C=O) groups is 1. The van der Waals surface area contributed by atoms with Crippen molar-refractivity contribution in [2.24, 2.45) is 11.8 Å². The van der Waals surface area contributed by atoms with E-state index >= 15 is 0 Å². The van der Waals surface area contributed by atoms with Crippen LogP contribution in [0, 0.1) is 11.8 Å². The Balaban J connectivity index is 1.62. The Hall–Kier alpha value is -1.95. The summed E-state index contributed by atoms with van der Waals surface area (Å²) in [5.74, 6) is 1.47. The first-order valence-electron chi connectivity index (χ1n) is 7.05. The number of nitrogens with zero attached hydrogens (tertiary/aromatic N) is 2. The van der Waals surface area contributed by atoms with Crippen LogP contribution in [0.25, 0.3) is 11.2 Å². The van der Waals surface area contributed by atoms with Crippen molar-refractivity contribution in [2.75, 3.05) is 25.0 Å². The second-order valence-corrected chi connectivity index (χ2v) is 5.22. The van der Waals surface area contributed by atoms with Crippen molar-refractivity contribution in [3.05, 3.63) is 18.5 Å². The number of fused-ring (bicyclic) bond motifs is 1. The summed E-state index contributed by atoms with van der Waals surface area (Å²) in [5, 5.41) is 6.38. The number of aromatic nitrogens is 3. The Morgan fingerprint density at radius 3 is 3.25 bits per heavy atom. The molecule has 1 saturated heterocycles. The molecule has 0 aromatic carbocycles. The highest BCUT2D eigenvalue weighted by Gasteiger charge is 2.30. The van der Waals surface area contributed by atoms with Gasteiger partial charge in [0.15, 0.2) is 11.4 Å². The number of anilines is 1. The molecule has 2 aromatic rings. The van der Waals surface area contributed by atoms with Crippen molar-refractivity contribution in [3.63, 3.8) is 0 Å². The average molecular weight is 273 g/mol. The smallest absolute Gasteiger partial charge is 0.156 e. The number of aromatic amines is 1. The van der Waals surface area contributed by atoms with Gasteiger partial charge in [0.25, 0.3) is 0 Å². The molecule has 1 aliphatic heterocycles. The van der Waals surface area contributed by atoms with E-state index < -0.39 is 0 Å². The Bertz CT molecular complexity index is 608. The van der Waals surface area contributed by atoms with Crippen molar-refractivity contribution >= 4 is 22.8 Å². The number of Topliss-reactive ketones (excluding diaryl/α,β-unsaturated/α-hetero) is 1. The zero-order valence-corrected chi connectivity index (χ0v) is 11.5. The van der Waals surface area contributed by atoms with E-state index in [9.17, 15) is 4.79 Å². The number of hydrogen-bond acceptors (Lipinski definition) is 5. The molecule has 0 radical (unpaired) electrons. The molecule has 0 spiro atoms. The maximum absolute atomic E-state index is 12.2. The molecule has 2 atom stereocenters. The summed E-state index contributed by atoms with van der Waals surface area (Å²) in [7, 11) is 0. The van der Waals surface area contributed by atoms with Gasteiger partial charge in [0.2, 0.25) is 0 Å². The standard InChI is InChI=1S/C14H19N5O/c1-2-9-5-15-6-10(9)12(20)7-17-13-8-18-14-11(19-13)3-4-16-14/h3-4,8-10,15H,2,5-7H2,1H3,(H,16,18)(H,17,19)/t9-,10-/m0/s1. The summed E-state index contributed by atoms with van der Waals surface area (Å²) >= 11 is 0. The fourth-order valence-electron chi connectivity index (χ4n) is 2.76. The Morgan fingerprint density at radius 2 is 2.40 bits per heavy atom. The van der Waals surface area contributed by atoms with Crippen molar-refractivity contribution in [1.82, 2.24) is 20.3 Å². The molecule has 0 aliphatic carbocycles. The van der Waals surface area contributed by atoms with Crippen LogP contribution in [0.2, 0.25) is 0 Å². The number of H-pyrrole nitrogens is 1. The highest BCUT2D eigenvalue weighted by molar-refractivity contribution is 5.86. The molecule has 106 valence electrons. The predicted octanol–water partition coefficient (Wildman–Crippen LogP) is 1.18. The van der Waals surface area contributed by atoms with Gasteiger partial charge in [-0.1, -0.05) is 13.3 Å². The third-order valence-corrected chi connectivity index (χ3v) is 3.98. The van der Waals surface area contributed by atoms with E-state index in [-0.39, 0.29) is 11.7 Å². The Morgan fingerprint density at radius 1 is 1.50 bits per heavy atom. The molecule has 6 nitrogen and oxygen atoms in total. The molecule has 6 heteroatoms. The van der Waals surface area contributed by atoms with Gasteiger partial charge in [-0.3, -0.25) is 4.79 Å². The Kier molecular flexibility index (Phi) is 3.64. The molecule has 2 aromatic heterocycles. The van der Waals surface area contributed by atoms with Crippen LogP contribution in [-0.4, -0.2) is 40.4 Å². The third kappa shape index (κ3) is 2.51. The SMILES string of the molecule is CC[C@H]1CNC[C@@H]1C(=O)CNc1cnc2[nH]ccc2n1. The van der Waals surface area contributed by atoms with Crippen LogP contribution in [0.1, 0.15) is 13.3 Å². The maximum Gasteiger partial charge on any atom is 0.156 e. The summed E-state index contributed by atoms with van der Waals surface area (Å²) in [6.07, 6.45) is 4.49. The Labute approximate surface area is 117 Å². The number of ketones is 1. The van der Waals surface area contributed by atoms with Crippen LogP contribution in [0.3, 0.4) is 0 Å². The normalized spacial score (nSPS) is 22.2. The van der Waals surface area contributed by atoms with Crippen molar-refractivity contribution in [2.45, 2.75) is 13.3 Å². The quantitative estimate of drug-likeness (QED) is 0.762. The van der Waals surface area contributed by atoms with E-state index in [2.05, 4.69) is 32.5 Å². The summed E-state index contributed by atoms with van der Waals surface area (Å²) in [5.41, 5.74) is 1.56. The molecule has 1 aliphatic rings. The first-order chi connectivity index (χ1) is 9.78. The lowest BCUT2D eigenvalue weighted by atomic mass is 9.90. The van der Waals surface area contributed by atoms with E-state index in [0.717, 1.165) is 30.7 Å². The highest BCUT2D eigenvalue weighted by atomic mass is 16.1. The zero-order valence-electron chi connectivity index (χ0n) is 11.5. The zero-order chi connectivity index (χ0) is 13.9. The molecule has 0 unspecified atom stereocenters. The van der Waals surface area contributed by atoms with Crippen LogP contribution >= 0.6 is 0 Å². The van der Waals surface area contributed by atoms with Crippen molar-refractivity contribution in [1.29, 1.82) is 0 Å². The average Bonchev–Trinajstić information content (AvgIpc) is 3.12. The van der Waals surface area contributed by atoms with Gasteiger partial charge in [0, 0.05) is 18.7 Å². The fourth-order valence-corrected chi connectivity index (χ4v) is 2.76. The molecule has 3 N–H and O–H groups in total. The molecule has 0 saturated carbocycles. The van der Waals surface area contributed by atoms with Crippen LogP contribution in [-0.2, 0) is 4.79 Å². The topological polar surface area (TPSA) is 82.7 Å². The number of hydrogen-bond donors (Lipinski definition) is 3. The number of carbonyl (C=O) groups excluding carboxylic acids is 1. The van der Waals surface area contributed by atoms with Gasteiger partial charge in [0.05, 0.1) is 12.7 Å². The van der Waals surface area contributed by atoms with Gasteiger partial charge in [-0.05, 0) is 18.5 Å². The van der Waals surface area contributed by atoms with E-state index in [1.165, 1.54) is 0 Å². The third-order valence-electron chi connectivity index (χ3n) is 3.98. The van der Waals surface area contributed by atoms with E-state index in [0.29, 0.717) is 18.3 Å². The molecular formula is C14H19N5O. The predicted molar refractivity (Wildman–Crippen MR) is 77.5 cm³/mol. The largest absolute Gasteiger partial charge is 0.362 e. The van der Waals surface area contributed by atoms with Gasteiger partial charge in [-0.2, -0.15) is 0 Å². The first-order valence-corrected chi connectivity index (χ1v) is 7.05. The lowest BCUT2D eigenvalue weighted by Crippen LogP contribution is -2.28. The molecular weight excluding hydrogens is 254 g/mol. The van der Waals surface area contributed by atoms with Crippen LogP contribution < -0.4 is 10.6 Å². The minimum absolute atomic E-state index is 0.122. The molecule has 1 fully saturated rings. The molecule has 3 rings (SSSR count). The molecule has 3 heterocycles. The van der Waals surface area contributed by atoms with Crippen molar-refractivity contribution in [3.8, 4) is 0 Å². The van der Waals surface area contributed by atoms with E-state index in [1.807, 2.05) is 6.07 Å². The fraction of sp³-hybridized carbons (Fsp3) is 0.500. The monoisotopic (exact) mass is 273 g/mol. The van der Waals surface area contributed by atoms with Gasteiger partial charge in [-0.15, -0.1) is 0 Å². The van der Waals surface area contributed by atoms with Crippen LogP contribution in [0.15, 0.2) is 18.5 Å². The van der Waals surface area contributed by atoms with Gasteiger partial charge < -0.3 is 15.6 Å². The lowest BCUT2D eigenvalue weighted by Gasteiger charge is -2.15. The minimum Gasteiger partial charge on any atom is -0.362 e. The molecule has 0 amide bonds. The van der Waals surface area contributed by atoms with Gasteiger partial charge in [0.1, 0.15) is 11.3 Å². The minimum atomic E-state index is 0.122. The van der Waals surface area contributed by atoms with Gasteiger partial charge >= 0.3 is 0 Å². The second-order valence-electron chi connectivity index (χ2n) is 5.22. The number of nitrogens with one attached hydrogen (secondary N) is 3. The summed E-state index contributed by atoms with van der Waals surface area (Å²) in [6.45, 7) is 4.19. The molecule has 0 bridgehead atoms.